The molecule has 0 aliphatic rings. The van der Waals surface area contributed by atoms with Crippen molar-refractivity contribution in [2.24, 2.45) is 0 Å². The molecule has 0 rings (SSSR count). The highest BCUT2D eigenvalue weighted by Crippen LogP contribution is 2.56. The molecule has 0 aromatic carbocycles. The second kappa shape index (κ2) is 4.96. The zero-order chi connectivity index (χ0) is 12.3. The van der Waals surface area contributed by atoms with Crippen LogP contribution in [0.15, 0.2) is 0 Å². The maximum absolute atomic E-state index is 11.3. The quantitative estimate of drug-likeness (QED) is 0.620. The first kappa shape index (κ1) is 15.1. The Morgan fingerprint density at radius 2 is 1.67 bits per heavy atom. The van der Waals surface area contributed by atoms with E-state index in [1.807, 2.05) is 6.92 Å². The Labute approximate surface area is 91.9 Å². The summed E-state index contributed by atoms with van der Waals surface area (Å²) in [7, 11) is -4.17. The van der Waals surface area contributed by atoms with Crippen molar-refractivity contribution < 1.29 is 19.5 Å². The lowest BCUT2D eigenvalue weighted by Crippen LogP contribution is -2.37. The summed E-state index contributed by atoms with van der Waals surface area (Å²) in [6, 6.07) is 0. The van der Waals surface area contributed by atoms with Gasteiger partial charge in [-0.25, -0.2) is 0 Å². The van der Waals surface area contributed by atoms with E-state index in [0.717, 1.165) is 6.42 Å². The van der Waals surface area contributed by atoms with Crippen LogP contribution < -0.4 is 0 Å². The molecule has 0 spiro atoms. The Hall–Kier alpha value is 0.110. The van der Waals surface area contributed by atoms with Gasteiger partial charge < -0.3 is 14.9 Å². The molecular weight excluding hydrogens is 215 g/mol. The van der Waals surface area contributed by atoms with Crippen molar-refractivity contribution >= 4 is 7.60 Å². The average molecular weight is 238 g/mol. The van der Waals surface area contributed by atoms with Crippen LogP contribution in [0.1, 0.15) is 53.4 Å². The van der Waals surface area contributed by atoms with Crippen LogP contribution in [0, 0.1) is 0 Å². The molecule has 0 aromatic heterocycles. The molecular formula is C10H23O4P. The normalized spacial score (nSPS) is 20.7. The molecule has 0 saturated heterocycles. The van der Waals surface area contributed by atoms with Crippen LogP contribution >= 0.6 is 7.60 Å². The van der Waals surface area contributed by atoms with Crippen LogP contribution in [0.2, 0.25) is 0 Å². The number of hydrogen-bond acceptors (Lipinski definition) is 2. The molecule has 92 valence electrons. The van der Waals surface area contributed by atoms with E-state index < -0.39 is 18.4 Å². The van der Waals surface area contributed by atoms with Gasteiger partial charge in [0, 0.05) is 0 Å². The van der Waals surface area contributed by atoms with E-state index in [2.05, 4.69) is 0 Å². The molecule has 5 heteroatoms. The molecule has 0 heterocycles. The smallest absolute Gasteiger partial charge is 0.331 e. The lowest BCUT2D eigenvalue weighted by Gasteiger charge is -2.36. The minimum absolute atomic E-state index is 0.134. The summed E-state index contributed by atoms with van der Waals surface area (Å²) < 4.78 is 11.3. The third kappa shape index (κ3) is 4.23. The van der Waals surface area contributed by atoms with Crippen LogP contribution in [0.25, 0.3) is 0 Å². The summed E-state index contributed by atoms with van der Waals surface area (Å²) in [5.41, 5.74) is -0.999. The van der Waals surface area contributed by atoms with Gasteiger partial charge in [-0.05, 0) is 33.1 Å². The van der Waals surface area contributed by atoms with Crippen molar-refractivity contribution in [3.05, 3.63) is 0 Å². The van der Waals surface area contributed by atoms with Gasteiger partial charge in [-0.3, -0.25) is 4.57 Å². The highest BCUT2D eigenvalue weighted by molar-refractivity contribution is 7.53. The van der Waals surface area contributed by atoms with Crippen molar-refractivity contribution in [3.63, 3.8) is 0 Å². The molecule has 3 N–H and O–H groups in total. The first-order chi connectivity index (χ1) is 6.58. The van der Waals surface area contributed by atoms with Crippen LogP contribution in [-0.2, 0) is 4.57 Å². The largest absolute Gasteiger partial charge is 0.390 e. The zero-order valence-electron chi connectivity index (χ0n) is 10.0. The highest BCUT2D eigenvalue weighted by atomic mass is 31.2. The van der Waals surface area contributed by atoms with Gasteiger partial charge in [0.25, 0.3) is 0 Å². The zero-order valence-corrected chi connectivity index (χ0v) is 10.9. The molecule has 0 fully saturated rings. The Bertz CT molecular complexity index is 246. The van der Waals surface area contributed by atoms with Crippen LogP contribution in [0.3, 0.4) is 0 Å². The van der Waals surface area contributed by atoms with Crippen molar-refractivity contribution in [2.75, 3.05) is 0 Å². The molecule has 0 aliphatic heterocycles. The summed E-state index contributed by atoms with van der Waals surface area (Å²) in [4.78, 5) is 18.5. The van der Waals surface area contributed by atoms with E-state index in [-0.39, 0.29) is 6.42 Å². The first-order valence-electron chi connectivity index (χ1n) is 5.36. The molecule has 0 bridgehead atoms. The van der Waals surface area contributed by atoms with Gasteiger partial charge in [-0.2, -0.15) is 0 Å². The lowest BCUT2D eigenvalue weighted by atomic mass is 9.87. The van der Waals surface area contributed by atoms with E-state index >= 15 is 0 Å². The predicted octanol–water partition coefficient (Wildman–Crippen LogP) is 2.27. The van der Waals surface area contributed by atoms with Crippen LogP contribution in [0.4, 0.5) is 0 Å². The molecule has 0 aromatic rings. The molecule has 0 saturated carbocycles. The number of aliphatic hydroxyl groups is 1. The summed E-state index contributed by atoms with van der Waals surface area (Å²) in [6.07, 6.45) is 1.85. The molecule has 0 amide bonds. The minimum Gasteiger partial charge on any atom is -0.390 e. The average Bonchev–Trinajstić information content (AvgIpc) is 2.00. The maximum atomic E-state index is 11.3. The summed E-state index contributed by atoms with van der Waals surface area (Å²) >= 11 is 0. The Morgan fingerprint density at radius 3 is 1.93 bits per heavy atom. The topological polar surface area (TPSA) is 77.8 Å². The van der Waals surface area contributed by atoms with Gasteiger partial charge in [0.2, 0.25) is 0 Å². The fourth-order valence-corrected chi connectivity index (χ4v) is 2.84. The Balaban J connectivity index is 4.80. The standard InChI is InChI=1S/C10H23O4P/c1-5-7-9(3,11)8-10(4,6-2)15(12,13)14/h11H,5-8H2,1-4H3,(H2,12,13,14). The first-order valence-corrected chi connectivity index (χ1v) is 6.97. The fourth-order valence-electron chi connectivity index (χ4n) is 1.88. The van der Waals surface area contributed by atoms with Gasteiger partial charge in [-0.1, -0.05) is 20.3 Å². The molecule has 2 unspecified atom stereocenters. The minimum atomic E-state index is -4.17. The SMILES string of the molecule is CCCC(C)(O)CC(C)(CC)P(=O)(O)O. The Morgan fingerprint density at radius 1 is 1.20 bits per heavy atom. The number of hydrogen-bond donors (Lipinski definition) is 3. The summed E-state index contributed by atoms with van der Waals surface area (Å²) in [6.45, 7) is 6.86. The third-order valence-electron chi connectivity index (χ3n) is 3.02. The summed E-state index contributed by atoms with van der Waals surface area (Å²) in [5.74, 6) is 0. The van der Waals surface area contributed by atoms with E-state index in [1.54, 1.807) is 13.8 Å². The molecule has 0 radical (unpaired) electrons. The molecule has 0 aliphatic carbocycles. The van der Waals surface area contributed by atoms with E-state index in [0.29, 0.717) is 12.8 Å². The van der Waals surface area contributed by atoms with E-state index in [4.69, 9.17) is 0 Å². The maximum Gasteiger partial charge on any atom is 0.331 e. The molecule has 2 atom stereocenters. The van der Waals surface area contributed by atoms with E-state index in [1.165, 1.54) is 6.92 Å². The molecule has 15 heavy (non-hydrogen) atoms. The van der Waals surface area contributed by atoms with Gasteiger partial charge in [0.1, 0.15) is 0 Å². The van der Waals surface area contributed by atoms with Crippen molar-refractivity contribution in [2.45, 2.75) is 64.1 Å². The second-order valence-electron chi connectivity index (χ2n) is 4.82. The van der Waals surface area contributed by atoms with Crippen molar-refractivity contribution in [1.82, 2.24) is 0 Å². The van der Waals surface area contributed by atoms with Gasteiger partial charge in [-0.15, -0.1) is 0 Å². The lowest BCUT2D eigenvalue weighted by molar-refractivity contribution is 0.0271. The van der Waals surface area contributed by atoms with Crippen LogP contribution in [-0.4, -0.2) is 25.7 Å². The van der Waals surface area contributed by atoms with E-state index in [9.17, 15) is 19.5 Å². The number of rotatable bonds is 6. The third-order valence-corrected chi connectivity index (χ3v) is 4.90. The van der Waals surface area contributed by atoms with Crippen LogP contribution in [0.5, 0.6) is 0 Å². The van der Waals surface area contributed by atoms with Gasteiger partial charge in [0.15, 0.2) is 0 Å². The van der Waals surface area contributed by atoms with Crippen molar-refractivity contribution in [1.29, 1.82) is 0 Å². The predicted molar refractivity (Wildman–Crippen MR) is 60.9 cm³/mol. The fraction of sp³-hybridized carbons (Fsp3) is 1.00. The van der Waals surface area contributed by atoms with Crippen molar-refractivity contribution in [3.8, 4) is 0 Å². The van der Waals surface area contributed by atoms with Gasteiger partial charge in [0.05, 0.1) is 10.8 Å². The van der Waals surface area contributed by atoms with Gasteiger partial charge >= 0.3 is 7.60 Å². The second-order valence-corrected chi connectivity index (χ2v) is 6.99. The highest BCUT2D eigenvalue weighted by Gasteiger charge is 2.44. The summed E-state index contributed by atoms with van der Waals surface area (Å²) in [5, 5.41) is 8.88. The monoisotopic (exact) mass is 238 g/mol. The molecule has 4 nitrogen and oxygen atoms in total. The Kier molecular flexibility index (Phi) is 5.00.